The van der Waals surface area contributed by atoms with E-state index >= 15 is 0 Å². The highest BCUT2D eigenvalue weighted by molar-refractivity contribution is 5.94. The lowest BCUT2D eigenvalue weighted by molar-refractivity contribution is -0.134. The van der Waals surface area contributed by atoms with Crippen molar-refractivity contribution in [3.05, 3.63) is 35.9 Å². The second-order valence-corrected chi connectivity index (χ2v) is 7.34. The van der Waals surface area contributed by atoms with Gasteiger partial charge in [-0.15, -0.1) is 0 Å². The molecular weight excluding hydrogens is 318 g/mol. The van der Waals surface area contributed by atoms with Crippen LogP contribution in [-0.2, 0) is 20.9 Å². The van der Waals surface area contributed by atoms with Gasteiger partial charge in [-0.1, -0.05) is 58.0 Å². The summed E-state index contributed by atoms with van der Waals surface area (Å²) in [5, 5.41) is 0. The first-order valence-electron chi connectivity index (χ1n) is 9.01. The zero-order valence-corrected chi connectivity index (χ0v) is 15.6. The van der Waals surface area contributed by atoms with E-state index in [1.807, 2.05) is 51.1 Å². The maximum Gasteiger partial charge on any atom is 0.416 e. The van der Waals surface area contributed by atoms with Crippen LogP contribution in [0.1, 0.15) is 39.7 Å². The summed E-state index contributed by atoms with van der Waals surface area (Å²) >= 11 is 0. The number of hydrogen-bond acceptors (Lipinski definition) is 4. The molecule has 1 aliphatic heterocycles. The third-order valence-corrected chi connectivity index (χ3v) is 4.60. The Labute approximate surface area is 150 Å². The second-order valence-electron chi connectivity index (χ2n) is 7.34. The number of cyclic esters (lactones) is 1. The number of benzene rings is 1. The van der Waals surface area contributed by atoms with Crippen LogP contribution in [0.3, 0.4) is 0 Å². The molecule has 0 spiro atoms. The van der Waals surface area contributed by atoms with E-state index in [0.29, 0.717) is 26.2 Å². The fourth-order valence-electron chi connectivity index (χ4n) is 3.14. The largest absolute Gasteiger partial charge is 0.447 e. The Morgan fingerprint density at radius 1 is 1.24 bits per heavy atom. The van der Waals surface area contributed by atoms with Gasteiger partial charge in [0, 0.05) is 12.5 Å². The first-order valence-corrected chi connectivity index (χ1v) is 9.01. The van der Waals surface area contributed by atoms with Crippen molar-refractivity contribution in [1.29, 1.82) is 0 Å². The fourth-order valence-corrected chi connectivity index (χ4v) is 3.14. The van der Waals surface area contributed by atoms with E-state index in [1.54, 1.807) is 0 Å². The van der Waals surface area contributed by atoms with Crippen LogP contribution < -0.4 is 0 Å². The van der Waals surface area contributed by atoms with Crippen LogP contribution in [0.4, 0.5) is 4.79 Å². The summed E-state index contributed by atoms with van der Waals surface area (Å²) < 4.78 is 10.8. The average molecular weight is 347 g/mol. The van der Waals surface area contributed by atoms with Crippen molar-refractivity contribution in [3.63, 3.8) is 0 Å². The number of carbonyl (C=O) groups excluding carboxylic acids is 2. The molecule has 1 aromatic rings. The number of ether oxygens (including phenoxy) is 2. The molecule has 0 radical (unpaired) electrons. The van der Waals surface area contributed by atoms with Gasteiger partial charge < -0.3 is 9.47 Å². The molecule has 2 rings (SSSR count). The molecule has 2 amide bonds. The van der Waals surface area contributed by atoms with E-state index < -0.39 is 6.09 Å². The predicted octanol–water partition coefficient (Wildman–Crippen LogP) is 3.87. The van der Waals surface area contributed by atoms with Crippen LogP contribution >= 0.6 is 0 Å². The summed E-state index contributed by atoms with van der Waals surface area (Å²) in [6, 6.07) is 9.86. The van der Waals surface area contributed by atoms with Crippen molar-refractivity contribution in [2.24, 2.45) is 17.8 Å². The maximum absolute atomic E-state index is 12.7. The van der Waals surface area contributed by atoms with Gasteiger partial charge in [-0.25, -0.2) is 9.69 Å². The molecule has 0 saturated carbocycles. The van der Waals surface area contributed by atoms with E-state index in [9.17, 15) is 9.59 Å². The first-order chi connectivity index (χ1) is 11.9. The molecule has 25 heavy (non-hydrogen) atoms. The molecule has 0 aliphatic carbocycles. The molecule has 5 heteroatoms. The van der Waals surface area contributed by atoms with Crippen LogP contribution in [0.5, 0.6) is 0 Å². The minimum absolute atomic E-state index is 0.142. The predicted molar refractivity (Wildman–Crippen MR) is 95.9 cm³/mol. The van der Waals surface area contributed by atoms with Gasteiger partial charge in [0.05, 0.1) is 12.6 Å². The monoisotopic (exact) mass is 347 g/mol. The Bertz CT molecular complexity index is 572. The topological polar surface area (TPSA) is 55.8 Å². The summed E-state index contributed by atoms with van der Waals surface area (Å²) in [4.78, 5) is 25.9. The SMILES string of the molecule is CC(C)[C@H]1COC(=O)N1C(=O)[C@H](C)C[C@@H](C)COCc1ccccc1. The number of nitrogens with zero attached hydrogens (tertiary/aromatic N) is 1. The van der Waals surface area contributed by atoms with Crippen molar-refractivity contribution >= 4 is 12.0 Å². The summed E-state index contributed by atoms with van der Waals surface area (Å²) in [6.07, 6.45) is 0.172. The minimum atomic E-state index is -0.511. The van der Waals surface area contributed by atoms with Gasteiger partial charge in [0.15, 0.2) is 0 Å². The average Bonchev–Trinajstić information content (AvgIpc) is 2.97. The number of imide groups is 1. The number of carbonyl (C=O) groups is 2. The van der Waals surface area contributed by atoms with E-state index in [2.05, 4.69) is 6.92 Å². The summed E-state index contributed by atoms with van der Waals surface area (Å²) in [5.41, 5.74) is 1.14. The van der Waals surface area contributed by atoms with Crippen molar-refractivity contribution in [2.75, 3.05) is 13.2 Å². The normalized spacial score (nSPS) is 19.8. The Morgan fingerprint density at radius 3 is 2.56 bits per heavy atom. The van der Waals surface area contributed by atoms with Crippen LogP contribution in [0.2, 0.25) is 0 Å². The van der Waals surface area contributed by atoms with Crippen LogP contribution in [0.15, 0.2) is 30.3 Å². The standard InChI is InChI=1S/C20H29NO4/c1-14(2)18-13-25-20(23)21(18)19(22)16(4)10-15(3)11-24-12-17-8-6-5-7-9-17/h5-9,14-16,18H,10-13H2,1-4H3/t15-,16-,18-/m1/s1. The Kier molecular flexibility index (Phi) is 7.00. The summed E-state index contributed by atoms with van der Waals surface area (Å²) in [5.74, 6) is 0.0475. The Morgan fingerprint density at radius 2 is 1.92 bits per heavy atom. The quantitative estimate of drug-likeness (QED) is 0.716. The van der Waals surface area contributed by atoms with Gasteiger partial charge in [-0.2, -0.15) is 0 Å². The van der Waals surface area contributed by atoms with Crippen molar-refractivity contribution in [3.8, 4) is 0 Å². The molecule has 0 unspecified atom stereocenters. The van der Waals surface area contributed by atoms with Crippen molar-refractivity contribution in [2.45, 2.75) is 46.8 Å². The van der Waals surface area contributed by atoms with Crippen LogP contribution in [0.25, 0.3) is 0 Å². The fraction of sp³-hybridized carbons (Fsp3) is 0.600. The van der Waals surface area contributed by atoms with Crippen LogP contribution in [0, 0.1) is 17.8 Å². The number of amides is 2. The zero-order chi connectivity index (χ0) is 18.4. The van der Waals surface area contributed by atoms with Crippen molar-refractivity contribution < 1.29 is 19.1 Å². The smallest absolute Gasteiger partial charge is 0.416 e. The molecule has 1 aromatic carbocycles. The van der Waals surface area contributed by atoms with Crippen LogP contribution in [-0.4, -0.2) is 36.2 Å². The van der Waals surface area contributed by atoms with Gasteiger partial charge in [0.25, 0.3) is 0 Å². The molecule has 0 aromatic heterocycles. The molecule has 1 heterocycles. The van der Waals surface area contributed by atoms with E-state index in [1.165, 1.54) is 4.90 Å². The molecule has 0 bridgehead atoms. The lowest BCUT2D eigenvalue weighted by Gasteiger charge is -2.26. The Balaban J connectivity index is 1.80. The van der Waals surface area contributed by atoms with Gasteiger partial charge in [0.1, 0.15) is 6.61 Å². The van der Waals surface area contributed by atoms with Gasteiger partial charge in [0.2, 0.25) is 5.91 Å². The summed E-state index contributed by atoms with van der Waals surface area (Å²) in [6.45, 7) is 9.39. The lowest BCUT2D eigenvalue weighted by Crippen LogP contribution is -2.44. The zero-order valence-electron chi connectivity index (χ0n) is 15.6. The molecule has 1 saturated heterocycles. The lowest BCUT2D eigenvalue weighted by atomic mass is 9.95. The highest BCUT2D eigenvalue weighted by Gasteiger charge is 2.41. The molecule has 3 atom stereocenters. The van der Waals surface area contributed by atoms with Crippen molar-refractivity contribution in [1.82, 2.24) is 4.90 Å². The highest BCUT2D eigenvalue weighted by Crippen LogP contribution is 2.24. The van der Waals surface area contributed by atoms with Gasteiger partial charge >= 0.3 is 6.09 Å². The molecule has 138 valence electrons. The first kappa shape index (κ1) is 19.4. The highest BCUT2D eigenvalue weighted by atomic mass is 16.6. The van der Waals surface area contributed by atoms with E-state index in [4.69, 9.17) is 9.47 Å². The van der Waals surface area contributed by atoms with E-state index in [0.717, 1.165) is 5.56 Å². The summed E-state index contributed by atoms with van der Waals surface area (Å²) in [7, 11) is 0. The molecule has 0 N–H and O–H groups in total. The third kappa shape index (κ3) is 5.30. The van der Waals surface area contributed by atoms with Gasteiger partial charge in [-0.3, -0.25) is 4.79 Å². The number of rotatable bonds is 8. The molecule has 5 nitrogen and oxygen atoms in total. The minimum Gasteiger partial charge on any atom is -0.447 e. The maximum atomic E-state index is 12.7. The molecule has 1 aliphatic rings. The van der Waals surface area contributed by atoms with E-state index in [-0.39, 0.29) is 29.7 Å². The second kappa shape index (κ2) is 8.99. The molecule has 1 fully saturated rings. The molecular formula is C20H29NO4. The Hall–Kier alpha value is -1.88. The van der Waals surface area contributed by atoms with Gasteiger partial charge in [-0.05, 0) is 23.8 Å². The third-order valence-electron chi connectivity index (χ3n) is 4.60. The number of hydrogen-bond donors (Lipinski definition) is 0.